The van der Waals surface area contributed by atoms with Gasteiger partial charge < -0.3 is 5.73 Å². The molecular formula is C8H15NO. The van der Waals surface area contributed by atoms with Crippen LogP contribution in [0, 0.1) is 5.41 Å². The molecule has 0 spiro atoms. The second-order valence-electron chi connectivity index (χ2n) is 3.16. The molecule has 2 heteroatoms. The van der Waals surface area contributed by atoms with Crippen molar-refractivity contribution in [2.45, 2.75) is 32.6 Å². The fraction of sp³-hybridized carbons (Fsp3) is 0.875. The van der Waals surface area contributed by atoms with Crippen LogP contribution in [0.2, 0.25) is 0 Å². The first kappa shape index (κ1) is 7.73. The number of carbonyl (C=O) groups is 1. The summed E-state index contributed by atoms with van der Waals surface area (Å²) in [7, 11) is 0. The first-order valence-corrected chi connectivity index (χ1v) is 3.98. The molecule has 1 saturated carbocycles. The molecule has 2 nitrogen and oxygen atoms in total. The minimum absolute atomic E-state index is 0.0451. The van der Waals surface area contributed by atoms with Gasteiger partial charge in [0.1, 0.15) is 0 Å². The highest BCUT2D eigenvalue weighted by molar-refractivity contribution is 5.88. The highest BCUT2D eigenvalue weighted by Gasteiger charge is 2.47. The van der Waals surface area contributed by atoms with Crippen LogP contribution in [-0.2, 0) is 4.79 Å². The molecule has 0 saturated heterocycles. The summed E-state index contributed by atoms with van der Waals surface area (Å²) < 4.78 is 0. The maximum atomic E-state index is 11.2. The predicted octanol–water partition coefficient (Wildman–Crippen LogP) is 1.09. The molecule has 0 aromatic carbocycles. The summed E-state index contributed by atoms with van der Waals surface area (Å²) in [5.74, 6) is 0.273. The Bertz CT molecular complexity index is 138. The normalized spacial score (nSPS) is 20.6. The van der Waals surface area contributed by atoms with Crippen LogP contribution in [-0.4, -0.2) is 12.3 Å². The molecular weight excluding hydrogens is 126 g/mol. The lowest BCUT2D eigenvalue weighted by molar-refractivity contribution is -0.123. The molecule has 0 aliphatic heterocycles. The van der Waals surface area contributed by atoms with Gasteiger partial charge in [0.25, 0.3) is 0 Å². The summed E-state index contributed by atoms with van der Waals surface area (Å²) in [5.41, 5.74) is 5.32. The maximum Gasteiger partial charge on any atom is 0.152 e. The Morgan fingerprint density at radius 3 is 2.50 bits per heavy atom. The average molecular weight is 141 g/mol. The summed E-state index contributed by atoms with van der Waals surface area (Å²) in [6.07, 6.45) is 4.31. The van der Waals surface area contributed by atoms with Crippen molar-refractivity contribution in [2.24, 2.45) is 11.1 Å². The van der Waals surface area contributed by atoms with Crippen molar-refractivity contribution >= 4 is 5.78 Å². The molecule has 0 heterocycles. The predicted molar refractivity (Wildman–Crippen MR) is 40.6 cm³/mol. The average Bonchev–Trinajstić information content (AvgIpc) is 2.69. The van der Waals surface area contributed by atoms with Gasteiger partial charge in [0.2, 0.25) is 0 Å². The van der Waals surface area contributed by atoms with E-state index in [1.54, 1.807) is 0 Å². The second-order valence-corrected chi connectivity index (χ2v) is 3.16. The molecule has 0 amide bonds. The van der Waals surface area contributed by atoms with Gasteiger partial charge in [0.05, 0.1) is 6.54 Å². The number of nitrogens with two attached hydrogens (primary N) is 1. The van der Waals surface area contributed by atoms with Gasteiger partial charge in [-0.3, -0.25) is 4.79 Å². The molecule has 0 aromatic heterocycles. The Balaban J connectivity index is 2.43. The summed E-state index contributed by atoms with van der Waals surface area (Å²) in [6, 6.07) is 0. The first-order valence-electron chi connectivity index (χ1n) is 3.98. The highest BCUT2D eigenvalue weighted by atomic mass is 16.1. The van der Waals surface area contributed by atoms with Gasteiger partial charge in [-0.1, -0.05) is 13.3 Å². The minimum atomic E-state index is 0.0451. The molecule has 1 aliphatic rings. The number of hydrogen-bond donors (Lipinski definition) is 1. The number of ketones is 1. The van der Waals surface area contributed by atoms with E-state index in [0.717, 1.165) is 25.7 Å². The summed E-state index contributed by atoms with van der Waals surface area (Å²) in [5, 5.41) is 0. The Kier molecular flexibility index (Phi) is 2.09. The lowest BCUT2D eigenvalue weighted by Gasteiger charge is -2.09. The number of carbonyl (C=O) groups excluding carboxylic acids is 1. The molecule has 2 N–H and O–H groups in total. The van der Waals surface area contributed by atoms with Crippen molar-refractivity contribution in [3.63, 3.8) is 0 Å². The third kappa shape index (κ3) is 1.21. The van der Waals surface area contributed by atoms with Crippen LogP contribution in [0.4, 0.5) is 0 Å². The van der Waals surface area contributed by atoms with Gasteiger partial charge in [-0.05, 0) is 19.3 Å². The van der Waals surface area contributed by atoms with E-state index in [2.05, 4.69) is 6.92 Å². The van der Waals surface area contributed by atoms with Crippen LogP contribution in [0.3, 0.4) is 0 Å². The summed E-state index contributed by atoms with van der Waals surface area (Å²) in [4.78, 5) is 11.2. The lowest BCUT2D eigenvalue weighted by Crippen LogP contribution is -2.24. The molecule has 58 valence electrons. The Morgan fingerprint density at radius 2 is 2.20 bits per heavy atom. The largest absolute Gasteiger partial charge is 0.324 e. The fourth-order valence-electron chi connectivity index (χ4n) is 1.51. The number of Topliss-reactive ketones (excluding diaryl/α,β-unsaturated/α-hetero) is 1. The SMILES string of the molecule is CCCC1(C(=O)CN)CC1. The van der Waals surface area contributed by atoms with Crippen molar-refractivity contribution in [1.29, 1.82) is 0 Å². The fourth-order valence-corrected chi connectivity index (χ4v) is 1.51. The second kappa shape index (κ2) is 2.70. The molecule has 0 unspecified atom stereocenters. The third-order valence-corrected chi connectivity index (χ3v) is 2.36. The highest BCUT2D eigenvalue weighted by Crippen LogP contribution is 2.50. The van der Waals surface area contributed by atoms with Gasteiger partial charge >= 0.3 is 0 Å². The lowest BCUT2D eigenvalue weighted by atomic mass is 9.95. The topological polar surface area (TPSA) is 43.1 Å². The molecule has 1 aliphatic carbocycles. The zero-order chi connectivity index (χ0) is 7.61. The molecule has 0 bridgehead atoms. The number of rotatable bonds is 4. The standard InChI is InChI=1S/C8H15NO/c1-2-3-8(4-5-8)7(10)6-9/h2-6,9H2,1H3. The van der Waals surface area contributed by atoms with Gasteiger partial charge in [-0.15, -0.1) is 0 Å². The minimum Gasteiger partial charge on any atom is -0.324 e. The summed E-state index contributed by atoms with van der Waals surface area (Å²) in [6.45, 7) is 2.35. The van der Waals surface area contributed by atoms with Gasteiger partial charge in [-0.25, -0.2) is 0 Å². The quantitative estimate of drug-likeness (QED) is 0.637. The van der Waals surface area contributed by atoms with E-state index >= 15 is 0 Å². The smallest absolute Gasteiger partial charge is 0.152 e. The van der Waals surface area contributed by atoms with E-state index in [4.69, 9.17) is 5.73 Å². The molecule has 10 heavy (non-hydrogen) atoms. The molecule has 1 fully saturated rings. The van der Waals surface area contributed by atoms with Crippen molar-refractivity contribution in [2.75, 3.05) is 6.54 Å². The monoisotopic (exact) mass is 141 g/mol. The summed E-state index contributed by atoms with van der Waals surface area (Å²) >= 11 is 0. The third-order valence-electron chi connectivity index (χ3n) is 2.36. The van der Waals surface area contributed by atoms with E-state index in [1.165, 1.54) is 0 Å². The maximum absolute atomic E-state index is 11.2. The van der Waals surface area contributed by atoms with Crippen molar-refractivity contribution in [1.82, 2.24) is 0 Å². The number of hydrogen-bond acceptors (Lipinski definition) is 2. The van der Waals surface area contributed by atoms with Crippen LogP contribution < -0.4 is 5.73 Å². The van der Waals surface area contributed by atoms with Gasteiger partial charge in [0.15, 0.2) is 5.78 Å². The Labute approximate surface area is 61.8 Å². The van der Waals surface area contributed by atoms with Crippen LogP contribution in [0.5, 0.6) is 0 Å². The molecule has 0 atom stereocenters. The zero-order valence-electron chi connectivity index (χ0n) is 6.52. The van der Waals surface area contributed by atoms with Crippen LogP contribution in [0.15, 0.2) is 0 Å². The molecule has 1 rings (SSSR count). The first-order chi connectivity index (χ1) is 4.75. The van der Waals surface area contributed by atoms with Crippen LogP contribution >= 0.6 is 0 Å². The molecule has 0 radical (unpaired) electrons. The van der Waals surface area contributed by atoms with Crippen LogP contribution in [0.25, 0.3) is 0 Å². The van der Waals surface area contributed by atoms with E-state index < -0.39 is 0 Å². The van der Waals surface area contributed by atoms with Crippen molar-refractivity contribution in [3.05, 3.63) is 0 Å². The van der Waals surface area contributed by atoms with E-state index in [1.807, 2.05) is 0 Å². The Hall–Kier alpha value is -0.370. The van der Waals surface area contributed by atoms with E-state index in [0.29, 0.717) is 0 Å². The van der Waals surface area contributed by atoms with E-state index in [9.17, 15) is 4.79 Å². The van der Waals surface area contributed by atoms with E-state index in [-0.39, 0.29) is 17.7 Å². The van der Waals surface area contributed by atoms with Gasteiger partial charge in [0, 0.05) is 5.41 Å². The van der Waals surface area contributed by atoms with Crippen molar-refractivity contribution < 1.29 is 4.79 Å². The molecule has 0 aromatic rings. The Morgan fingerprint density at radius 1 is 1.60 bits per heavy atom. The van der Waals surface area contributed by atoms with Crippen LogP contribution in [0.1, 0.15) is 32.6 Å². The zero-order valence-corrected chi connectivity index (χ0v) is 6.52. The van der Waals surface area contributed by atoms with Gasteiger partial charge in [-0.2, -0.15) is 0 Å². The van der Waals surface area contributed by atoms with Crippen molar-refractivity contribution in [3.8, 4) is 0 Å².